The Morgan fingerprint density at radius 2 is 1.10 bits per heavy atom. The molecule has 1 rings (SSSR count). The van der Waals surface area contributed by atoms with Crippen molar-refractivity contribution in [1.29, 1.82) is 0 Å². The van der Waals surface area contributed by atoms with Crippen LogP contribution in [0.5, 0.6) is 0 Å². The number of Topliss-reactive ketones (excluding diaryl/α,β-unsaturated/α-hetero) is 2. The van der Waals surface area contributed by atoms with Gasteiger partial charge >= 0.3 is 5.97 Å². The highest BCUT2D eigenvalue weighted by Crippen LogP contribution is 2.40. The van der Waals surface area contributed by atoms with Crippen LogP contribution in [0.2, 0.25) is 0 Å². The summed E-state index contributed by atoms with van der Waals surface area (Å²) in [5.74, 6) is -0.884. The van der Waals surface area contributed by atoms with Crippen LogP contribution in [0.4, 0.5) is 0 Å². The zero-order chi connectivity index (χ0) is 46.2. The van der Waals surface area contributed by atoms with E-state index in [-0.39, 0.29) is 30.0 Å². The van der Waals surface area contributed by atoms with Gasteiger partial charge in [0.25, 0.3) is 0 Å². The summed E-state index contributed by atoms with van der Waals surface area (Å²) in [6.07, 6.45) is 57.5. The molecule has 1 aliphatic carbocycles. The molecule has 4 nitrogen and oxygen atoms in total. The molecule has 0 saturated carbocycles. The van der Waals surface area contributed by atoms with Crippen molar-refractivity contribution in [2.24, 2.45) is 11.3 Å². The Labute approximate surface area is 390 Å². The Morgan fingerprint density at radius 3 is 1.60 bits per heavy atom. The highest BCUT2D eigenvalue weighted by atomic mass is 16.5. The van der Waals surface area contributed by atoms with Crippen molar-refractivity contribution in [1.82, 2.24) is 0 Å². The standard InChI is InChI=1S/C59H98O4/c1-8-10-12-14-16-18-20-22-24-26-28-30-32-34-36-43-55(60)49-54(57(61)44-37-35-33-31-29-27-25-23-21-19-17-15-13-11-9-2)50-63-58(62)48-52(4)41-38-40-51(3)45-46-56-53(5)42-39-47-59(56,6)7/h22-25,38,40-41,45-46,48,54H,8-21,26-37,39,42-44,47,49-50H2,1-7H3/b24-22-,25-23-,41-38?,46-45?,51-40-,52-48?. The van der Waals surface area contributed by atoms with Crippen LogP contribution in [-0.4, -0.2) is 24.1 Å². The lowest BCUT2D eigenvalue weighted by atomic mass is 9.72. The van der Waals surface area contributed by atoms with E-state index in [0.29, 0.717) is 12.8 Å². The number of esters is 1. The molecule has 0 aromatic carbocycles. The molecule has 0 fully saturated rings. The van der Waals surface area contributed by atoms with Crippen LogP contribution in [0.15, 0.2) is 83.1 Å². The van der Waals surface area contributed by atoms with E-state index in [1.165, 1.54) is 152 Å². The molecule has 0 aromatic rings. The minimum absolute atomic E-state index is 0.0379. The third kappa shape index (κ3) is 33.2. The smallest absolute Gasteiger partial charge is 0.331 e. The van der Waals surface area contributed by atoms with Crippen LogP contribution in [0.25, 0.3) is 0 Å². The van der Waals surface area contributed by atoms with Gasteiger partial charge in [0.2, 0.25) is 0 Å². The van der Waals surface area contributed by atoms with Crippen LogP contribution in [0.1, 0.15) is 254 Å². The van der Waals surface area contributed by atoms with Gasteiger partial charge in [-0.1, -0.05) is 196 Å². The van der Waals surface area contributed by atoms with Crippen molar-refractivity contribution in [3.05, 3.63) is 83.1 Å². The molecule has 0 radical (unpaired) electrons. The monoisotopic (exact) mass is 871 g/mol. The molecule has 0 saturated heterocycles. The van der Waals surface area contributed by atoms with Gasteiger partial charge in [-0.3, -0.25) is 9.59 Å². The third-order valence-corrected chi connectivity index (χ3v) is 12.9. The summed E-state index contributed by atoms with van der Waals surface area (Å²) in [7, 11) is 0. The van der Waals surface area contributed by atoms with Crippen LogP contribution >= 0.6 is 0 Å². The van der Waals surface area contributed by atoms with Crippen LogP contribution in [-0.2, 0) is 19.1 Å². The summed E-state index contributed by atoms with van der Waals surface area (Å²) in [5.41, 5.74) is 5.05. The topological polar surface area (TPSA) is 60.4 Å². The van der Waals surface area contributed by atoms with E-state index < -0.39 is 11.9 Å². The minimum Gasteiger partial charge on any atom is -0.462 e. The van der Waals surface area contributed by atoms with Gasteiger partial charge in [-0.2, -0.15) is 0 Å². The summed E-state index contributed by atoms with van der Waals surface area (Å²) in [6.45, 7) is 15.4. The summed E-state index contributed by atoms with van der Waals surface area (Å²) >= 11 is 0. The first-order valence-corrected chi connectivity index (χ1v) is 26.4. The lowest BCUT2D eigenvalue weighted by Crippen LogP contribution is -2.25. The normalized spacial score (nSPS) is 15.5. The fraction of sp³-hybridized carbons (Fsp3) is 0.712. The van der Waals surface area contributed by atoms with Crippen LogP contribution in [0, 0.1) is 11.3 Å². The summed E-state index contributed by atoms with van der Waals surface area (Å²) < 4.78 is 5.65. The second-order valence-electron chi connectivity index (χ2n) is 19.6. The molecule has 0 heterocycles. The maximum Gasteiger partial charge on any atom is 0.331 e. The fourth-order valence-corrected chi connectivity index (χ4v) is 8.70. The number of unbranched alkanes of at least 4 members (excludes halogenated alkanes) is 22. The maximum atomic E-state index is 13.5. The van der Waals surface area contributed by atoms with E-state index in [2.05, 4.69) is 84.1 Å². The molecular weight excluding hydrogens is 773 g/mol. The van der Waals surface area contributed by atoms with Crippen molar-refractivity contribution in [2.45, 2.75) is 254 Å². The average molecular weight is 871 g/mol. The maximum absolute atomic E-state index is 13.5. The van der Waals surface area contributed by atoms with Gasteiger partial charge in [0.05, 0.1) is 5.92 Å². The molecule has 0 amide bonds. The van der Waals surface area contributed by atoms with E-state index >= 15 is 0 Å². The largest absolute Gasteiger partial charge is 0.462 e. The minimum atomic E-state index is -0.573. The molecule has 0 bridgehead atoms. The van der Waals surface area contributed by atoms with E-state index in [9.17, 15) is 14.4 Å². The third-order valence-electron chi connectivity index (χ3n) is 12.9. The Kier molecular flexibility index (Phi) is 36.2. The van der Waals surface area contributed by atoms with E-state index in [0.717, 1.165) is 62.5 Å². The zero-order valence-electron chi connectivity index (χ0n) is 42.3. The molecule has 63 heavy (non-hydrogen) atoms. The molecule has 1 unspecified atom stereocenters. The fourth-order valence-electron chi connectivity index (χ4n) is 8.70. The summed E-state index contributed by atoms with van der Waals surface area (Å²) in [4.78, 5) is 39.5. The lowest BCUT2D eigenvalue weighted by Gasteiger charge is -2.32. The SMILES string of the molecule is CCCCCCCC/C=C\CCCCCCCC(=O)CC(COC(=O)C=C(C)C=C/C=C(/C)C=CC1=C(C)CCCC1(C)C)C(=O)CCCCCCC/C=C\CCCCCCCC. The molecule has 0 aromatic heterocycles. The average Bonchev–Trinajstić information content (AvgIpc) is 3.24. The van der Waals surface area contributed by atoms with E-state index in [4.69, 9.17) is 4.74 Å². The summed E-state index contributed by atoms with van der Waals surface area (Å²) in [5, 5.41) is 0. The molecule has 0 N–H and O–H groups in total. The first-order valence-electron chi connectivity index (χ1n) is 26.4. The van der Waals surface area contributed by atoms with Crippen molar-refractivity contribution in [2.75, 3.05) is 6.61 Å². The van der Waals surface area contributed by atoms with Gasteiger partial charge in [-0.15, -0.1) is 0 Å². The van der Waals surface area contributed by atoms with Gasteiger partial charge < -0.3 is 4.74 Å². The van der Waals surface area contributed by atoms with Gasteiger partial charge in [-0.25, -0.2) is 4.79 Å². The number of carbonyl (C=O) groups excluding carboxylic acids is 3. The van der Waals surface area contributed by atoms with Gasteiger partial charge in [0.1, 0.15) is 18.2 Å². The molecule has 0 spiro atoms. The van der Waals surface area contributed by atoms with Crippen LogP contribution < -0.4 is 0 Å². The summed E-state index contributed by atoms with van der Waals surface area (Å²) in [6, 6.07) is 0. The molecule has 358 valence electrons. The van der Waals surface area contributed by atoms with Gasteiger partial charge in [0.15, 0.2) is 0 Å². The zero-order valence-corrected chi connectivity index (χ0v) is 42.3. The van der Waals surface area contributed by atoms with Gasteiger partial charge in [-0.05, 0) is 121 Å². The first kappa shape index (κ1) is 58.0. The number of rotatable bonds is 40. The Morgan fingerprint density at radius 1 is 0.619 bits per heavy atom. The van der Waals surface area contributed by atoms with Crippen molar-refractivity contribution in [3.63, 3.8) is 0 Å². The van der Waals surface area contributed by atoms with E-state index in [1.807, 2.05) is 19.1 Å². The molecule has 1 atom stereocenters. The molecule has 0 aliphatic heterocycles. The highest BCUT2D eigenvalue weighted by Gasteiger charge is 2.26. The number of ketones is 2. The second kappa shape index (κ2) is 39.4. The van der Waals surface area contributed by atoms with E-state index in [1.54, 1.807) is 0 Å². The van der Waals surface area contributed by atoms with Crippen molar-refractivity contribution >= 4 is 17.5 Å². The molecular formula is C59H98O4. The number of ether oxygens (including phenoxy) is 1. The Balaban J connectivity index is 2.58. The lowest BCUT2D eigenvalue weighted by molar-refractivity contribution is -0.142. The molecule has 1 aliphatic rings. The van der Waals surface area contributed by atoms with Crippen LogP contribution in [0.3, 0.4) is 0 Å². The predicted octanol–water partition coefficient (Wildman–Crippen LogP) is 18.3. The Hall–Kier alpha value is -3.01. The molecule has 4 heteroatoms. The second-order valence-corrected chi connectivity index (χ2v) is 19.6. The quantitative estimate of drug-likeness (QED) is 0.0202. The Bertz CT molecular complexity index is 1430. The van der Waals surface area contributed by atoms with Gasteiger partial charge in [0, 0.05) is 25.3 Å². The number of hydrogen-bond acceptors (Lipinski definition) is 4. The number of allylic oxidation sites excluding steroid dienone is 13. The van der Waals surface area contributed by atoms with Crippen molar-refractivity contribution < 1.29 is 19.1 Å². The van der Waals surface area contributed by atoms with Crippen molar-refractivity contribution in [3.8, 4) is 0 Å². The highest BCUT2D eigenvalue weighted by molar-refractivity contribution is 5.89. The number of carbonyl (C=O) groups is 3. The number of hydrogen-bond donors (Lipinski definition) is 0. The predicted molar refractivity (Wildman–Crippen MR) is 274 cm³/mol. The first-order chi connectivity index (χ1) is 30.5.